The number of amides is 1. The van der Waals surface area contributed by atoms with E-state index in [4.69, 9.17) is 4.74 Å². The molecule has 0 bridgehead atoms. The fraction of sp³-hybridized carbons (Fsp3) is 0.368. The summed E-state index contributed by atoms with van der Waals surface area (Å²) in [5.74, 6) is 0.351. The Morgan fingerprint density at radius 3 is 2.70 bits per heavy atom. The van der Waals surface area contributed by atoms with E-state index in [1.807, 2.05) is 49.5 Å². The summed E-state index contributed by atoms with van der Waals surface area (Å²) in [5, 5.41) is 3.23. The van der Waals surface area contributed by atoms with E-state index >= 15 is 0 Å². The number of nitrogens with zero attached hydrogens (tertiary/aromatic N) is 1. The minimum Gasteiger partial charge on any atom is -0.381 e. The zero-order chi connectivity index (χ0) is 16.1. The molecule has 4 nitrogen and oxygen atoms in total. The first-order chi connectivity index (χ1) is 11.3. The molecular formula is C19H22N2O2. The molecule has 1 amide bonds. The maximum Gasteiger partial charge on any atom is 0.252 e. The van der Waals surface area contributed by atoms with Gasteiger partial charge in [-0.1, -0.05) is 24.3 Å². The number of benzene rings is 1. The van der Waals surface area contributed by atoms with Crippen LogP contribution in [0.2, 0.25) is 0 Å². The van der Waals surface area contributed by atoms with E-state index in [-0.39, 0.29) is 11.9 Å². The van der Waals surface area contributed by atoms with Crippen molar-refractivity contribution in [2.75, 3.05) is 13.2 Å². The van der Waals surface area contributed by atoms with Gasteiger partial charge in [0, 0.05) is 31.2 Å². The molecule has 1 fully saturated rings. The number of rotatable bonds is 4. The van der Waals surface area contributed by atoms with Gasteiger partial charge in [0.05, 0.1) is 6.04 Å². The van der Waals surface area contributed by atoms with Gasteiger partial charge in [0.2, 0.25) is 0 Å². The van der Waals surface area contributed by atoms with Gasteiger partial charge in [-0.3, -0.25) is 9.78 Å². The topological polar surface area (TPSA) is 51.2 Å². The zero-order valence-electron chi connectivity index (χ0n) is 13.4. The Labute approximate surface area is 136 Å². The van der Waals surface area contributed by atoms with Crippen molar-refractivity contribution in [2.24, 2.45) is 5.92 Å². The second-order valence-electron chi connectivity index (χ2n) is 6.00. The highest BCUT2D eigenvalue weighted by molar-refractivity contribution is 5.95. The van der Waals surface area contributed by atoms with Crippen LogP contribution in [0.15, 0.2) is 48.8 Å². The molecule has 0 saturated carbocycles. The normalized spacial score (nSPS) is 16.7. The standard InChI is InChI=1S/C19H22N2O2/c1-14-5-2-3-7-17(14)19(22)21-18(15-8-11-23-12-9-15)16-6-4-10-20-13-16/h2-7,10,13,15,18H,8-9,11-12H2,1H3,(H,21,22). The predicted octanol–water partition coefficient (Wildman–Crippen LogP) is 3.29. The highest BCUT2D eigenvalue weighted by Gasteiger charge is 2.27. The lowest BCUT2D eigenvalue weighted by atomic mass is 9.87. The largest absolute Gasteiger partial charge is 0.381 e. The van der Waals surface area contributed by atoms with E-state index in [0.717, 1.165) is 42.7 Å². The monoisotopic (exact) mass is 310 g/mol. The number of aromatic nitrogens is 1. The minimum absolute atomic E-state index is 0.0246. The summed E-state index contributed by atoms with van der Waals surface area (Å²) in [7, 11) is 0. The van der Waals surface area contributed by atoms with Crippen LogP contribution in [0.4, 0.5) is 0 Å². The van der Waals surface area contributed by atoms with Crippen LogP contribution in [-0.2, 0) is 4.74 Å². The Morgan fingerprint density at radius 2 is 2.00 bits per heavy atom. The van der Waals surface area contributed by atoms with Crippen LogP contribution in [0.1, 0.15) is 40.4 Å². The van der Waals surface area contributed by atoms with Gasteiger partial charge in [-0.2, -0.15) is 0 Å². The zero-order valence-corrected chi connectivity index (χ0v) is 13.4. The number of pyridine rings is 1. The number of nitrogens with one attached hydrogen (secondary N) is 1. The summed E-state index contributed by atoms with van der Waals surface area (Å²) in [6, 6.07) is 11.6. The second kappa shape index (κ2) is 7.38. The Balaban J connectivity index is 1.84. The molecule has 2 heterocycles. The van der Waals surface area contributed by atoms with Crippen LogP contribution < -0.4 is 5.32 Å². The third-order valence-electron chi connectivity index (χ3n) is 4.46. The first kappa shape index (κ1) is 15.7. The van der Waals surface area contributed by atoms with Crippen molar-refractivity contribution < 1.29 is 9.53 Å². The molecule has 1 aliphatic rings. The highest BCUT2D eigenvalue weighted by atomic mass is 16.5. The molecule has 0 spiro atoms. The molecule has 1 saturated heterocycles. The van der Waals surface area contributed by atoms with Crippen LogP contribution in [0.5, 0.6) is 0 Å². The SMILES string of the molecule is Cc1ccccc1C(=O)NC(c1cccnc1)C1CCOCC1. The van der Waals surface area contributed by atoms with E-state index in [9.17, 15) is 4.79 Å². The van der Waals surface area contributed by atoms with E-state index in [1.165, 1.54) is 0 Å². The lowest BCUT2D eigenvalue weighted by Crippen LogP contribution is -2.36. The summed E-state index contributed by atoms with van der Waals surface area (Å²) in [6.07, 6.45) is 5.51. The van der Waals surface area contributed by atoms with Gasteiger partial charge in [0.1, 0.15) is 0 Å². The molecule has 1 atom stereocenters. The number of carbonyl (C=O) groups is 1. The highest BCUT2D eigenvalue weighted by Crippen LogP contribution is 2.30. The smallest absolute Gasteiger partial charge is 0.252 e. The third-order valence-corrected chi connectivity index (χ3v) is 4.46. The summed E-state index contributed by atoms with van der Waals surface area (Å²) in [5.41, 5.74) is 2.77. The van der Waals surface area contributed by atoms with Crippen molar-refractivity contribution in [2.45, 2.75) is 25.8 Å². The van der Waals surface area contributed by atoms with Gasteiger partial charge < -0.3 is 10.1 Å². The first-order valence-electron chi connectivity index (χ1n) is 8.10. The quantitative estimate of drug-likeness (QED) is 0.943. The van der Waals surface area contributed by atoms with Crippen LogP contribution >= 0.6 is 0 Å². The number of aryl methyl sites for hydroxylation is 1. The van der Waals surface area contributed by atoms with Gasteiger partial charge >= 0.3 is 0 Å². The average molecular weight is 310 g/mol. The Hall–Kier alpha value is -2.20. The van der Waals surface area contributed by atoms with Gasteiger partial charge in [0.15, 0.2) is 0 Å². The molecule has 120 valence electrons. The Morgan fingerprint density at radius 1 is 1.22 bits per heavy atom. The van der Waals surface area contributed by atoms with Crippen molar-refractivity contribution in [3.63, 3.8) is 0 Å². The lowest BCUT2D eigenvalue weighted by molar-refractivity contribution is 0.0513. The van der Waals surface area contributed by atoms with E-state index in [2.05, 4.69) is 10.3 Å². The Kier molecular flexibility index (Phi) is 5.03. The summed E-state index contributed by atoms with van der Waals surface area (Å²) >= 11 is 0. The summed E-state index contributed by atoms with van der Waals surface area (Å²) in [6.45, 7) is 3.46. The van der Waals surface area contributed by atoms with Crippen LogP contribution in [0, 0.1) is 12.8 Å². The lowest BCUT2D eigenvalue weighted by Gasteiger charge is -2.31. The molecule has 0 aliphatic carbocycles. The second-order valence-corrected chi connectivity index (χ2v) is 6.00. The van der Waals surface area contributed by atoms with Crippen molar-refractivity contribution in [1.29, 1.82) is 0 Å². The molecule has 4 heteroatoms. The number of hydrogen-bond acceptors (Lipinski definition) is 3. The van der Waals surface area contributed by atoms with Crippen molar-refractivity contribution in [3.05, 3.63) is 65.5 Å². The van der Waals surface area contributed by atoms with E-state index in [0.29, 0.717) is 5.92 Å². The van der Waals surface area contributed by atoms with E-state index in [1.54, 1.807) is 6.20 Å². The number of hydrogen-bond donors (Lipinski definition) is 1. The van der Waals surface area contributed by atoms with Gasteiger partial charge in [0.25, 0.3) is 5.91 Å². The molecule has 1 aromatic carbocycles. The van der Waals surface area contributed by atoms with Crippen molar-refractivity contribution >= 4 is 5.91 Å². The number of ether oxygens (including phenoxy) is 1. The van der Waals surface area contributed by atoms with Gasteiger partial charge in [-0.15, -0.1) is 0 Å². The van der Waals surface area contributed by atoms with Crippen LogP contribution in [-0.4, -0.2) is 24.1 Å². The van der Waals surface area contributed by atoms with Crippen molar-refractivity contribution in [3.8, 4) is 0 Å². The molecule has 0 radical (unpaired) electrons. The fourth-order valence-electron chi connectivity index (χ4n) is 3.13. The molecule has 1 unspecified atom stereocenters. The summed E-state index contributed by atoms with van der Waals surface area (Å²) in [4.78, 5) is 16.9. The fourth-order valence-corrected chi connectivity index (χ4v) is 3.13. The van der Waals surface area contributed by atoms with Crippen molar-refractivity contribution in [1.82, 2.24) is 10.3 Å². The first-order valence-corrected chi connectivity index (χ1v) is 8.10. The molecule has 1 aromatic heterocycles. The Bertz CT molecular complexity index is 651. The van der Waals surface area contributed by atoms with Crippen LogP contribution in [0.3, 0.4) is 0 Å². The molecule has 2 aromatic rings. The molecular weight excluding hydrogens is 288 g/mol. The van der Waals surface area contributed by atoms with Gasteiger partial charge in [-0.25, -0.2) is 0 Å². The minimum atomic E-state index is -0.0280. The van der Waals surface area contributed by atoms with E-state index < -0.39 is 0 Å². The maximum absolute atomic E-state index is 12.7. The van der Waals surface area contributed by atoms with Crippen LogP contribution in [0.25, 0.3) is 0 Å². The maximum atomic E-state index is 12.7. The molecule has 1 aliphatic heterocycles. The van der Waals surface area contributed by atoms with Gasteiger partial charge in [-0.05, 0) is 48.9 Å². The summed E-state index contributed by atoms with van der Waals surface area (Å²) < 4.78 is 5.47. The predicted molar refractivity (Wildman–Crippen MR) is 89.2 cm³/mol. The molecule has 23 heavy (non-hydrogen) atoms. The molecule has 1 N–H and O–H groups in total. The molecule has 3 rings (SSSR count). The number of carbonyl (C=O) groups excluding carboxylic acids is 1. The average Bonchev–Trinajstić information content (AvgIpc) is 2.61. The third kappa shape index (κ3) is 3.77.